The molecule has 1 aliphatic carbocycles. The lowest BCUT2D eigenvalue weighted by molar-refractivity contribution is -0.128. The molecule has 1 aromatic rings. The second-order valence-corrected chi connectivity index (χ2v) is 6.19. The Bertz CT molecular complexity index is 512. The number of Topliss-reactive ketones (excluding diaryl/α,β-unsaturated/α-hetero) is 1. The van der Waals surface area contributed by atoms with Crippen LogP contribution in [-0.2, 0) is 17.6 Å². The Hall–Kier alpha value is -1.64. The zero-order valence-corrected chi connectivity index (χ0v) is 11.9. The molecule has 0 unspecified atom stereocenters. The highest BCUT2D eigenvalue weighted by Gasteiger charge is 2.22. The van der Waals surface area contributed by atoms with E-state index >= 15 is 0 Å². The average molecular weight is 259 g/mol. The van der Waals surface area contributed by atoms with Crippen molar-refractivity contribution in [1.82, 2.24) is 5.32 Å². The molecule has 2 rings (SSSR count). The fourth-order valence-electron chi connectivity index (χ4n) is 2.27. The lowest BCUT2D eigenvalue weighted by Gasteiger charge is -2.17. The fourth-order valence-corrected chi connectivity index (χ4v) is 2.27. The minimum atomic E-state index is -0.460. The van der Waals surface area contributed by atoms with Crippen LogP contribution in [0.25, 0.3) is 0 Å². The van der Waals surface area contributed by atoms with Crippen LogP contribution in [0.3, 0.4) is 0 Å². The third kappa shape index (κ3) is 3.22. The molecule has 1 N–H and O–H groups in total. The Morgan fingerprint density at radius 1 is 1.16 bits per heavy atom. The van der Waals surface area contributed by atoms with Crippen molar-refractivity contribution in [2.75, 3.05) is 6.54 Å². The maximum Gasteiger partial charge on any atom is 0.225 e. The molecular weight excluding hydrogens is 238 g/mol. The normalized spacial score (nSPS) is 14.1. The number of carbonyl (C=O) groups is 2. The quantitative estimate of drug-likeness (QED) is 0.848. The number of aryl methyl sites for hydroxylation is 2. The maximum atomic E-state index is 12.1. The average Bonchev–Trinajstić information content (AvgIpc) is 2.81. The third-order valence-electron chi connectivity index (χ3n) is 3.51. The molecule has 0 saturated heterocycles. The van der Waals surface area contributed by atoms with E-state index in [0.717, 1.165) is 12.8 Å². The molecular formula is C16H21NO2. The summed E-state index contributed by atoms with van der Waals surface area (Å²) in [7, 11) is 0. The van der Waals surface area contributed by atoms with E-state index in [1.165, 1.54) is 17.5 Å². The summed E-state index contributed by atoms with van der Waals surface area (Å²) in [5.41, 5.74) is 2.89. The molecule has 0 radical (unpaired) electrons. The molecule has 3 heteroatoms. The summed E-state index contributed by atoms with van der Waals surface area (Å²) in [6.45, 7) is 5.58. The van der Waals surface area contributed by atoms with Crippen LogP contribution >= 0.6 is 0 Å². The number of nitrogens with one attached hydrogen (secondary N) is 1. The predicted octanol–water partition coefficient (Wildman–Crippen LogP) is 2.52. The highest BCUT2D eigenvalue weighted by molar-refractivity contribution is 6.00. The monoisotopic (exact) mass is 259 g/mol. The van der Waals surface area contributed by atoms with Crippen molar-refractivity contribution in [3.63, 3.8) is 0 Å². The Kier molecular flexibility index (Phi) is 3.74. The van der Waals surface area contributed by atoms with Gasteiger partial charge in [-0.2, -0.15) is 0 Å². The van der Waals surface area contributed by atoms with Gasteiger partial charge in [0.15, 0.2) is 5.78 Å². The number of ketones is 1. The molecule has 0 aromatic heterocycles. The van der Waals surface area contributed by atoms with Crippen LogP contribution in [0.2, 0.25) is 0 Å². The predicted molar refractivity (Wildman–Crippen MR) is 75.3 cm³/mol. The van der Waals surface area contributed by atoms with Crippen LogP contribution in [0.5, 0.6) is 0 Å². The van der Waals surface area contributed by atoms with Gasteiger partial charge in [0.25, 0.3) is 0 Å². The van der Waals surface area contributed by atoms with Crippen LogP contribution in [0, 0.1) is 5.41 Å². The molecule has 1 aliphatic rings. The molecule has 0 atom stereocenters. The van der Waals surface area contributed by atoms with Crippen LogP contribution < -0.4 is 5.32 Å². The summed E-state index contributed by atoms with van der Waals surface area (Å²) < 4.78 is 0. The summed E-state index contributed by atoms with van der Waals surface area (Å²) in [5, 5.41) is 2.70. The first-order valence-electron chi connectivity index (χ1n) is 6.81. The molecule has 1 amide bonds. The van der Waals surface area contributed by atoms with E-state index in [-0.39, 0.29) is 18.2 Å². The summed E-state index contributed by atoms with van der Waals surface area (Å²) >= 11 is 0. The lowest BCUT2D eigenvalue weighted by atomic mass is 9.95. The smallest absolute Gasteiger partial charge is 0.225 e. The molecule has 1 aromatic carbocycles. The topological polar surface area (TPSA) is 46.2 Å². The van der Waals surface area contributed by atoms with Crippen molar-refractivity contribution >= 4 is 11.7 Å². The van der Waals surface area contributed by atoms with Crippen LogP contribution in [0.1, 0.15) is 48.7 Å². The second kappa shape index (κ2) is 5.16. The van der Waals surface area contributed by atoms with Crippen LogP contribution in [-0.4, -0.2) is 18.2 Å². The molecule has 0 bridgehead atoms. The minimum absolute atomic E-state index is 0.0210. The summed E-state index contributed by atoms with van der Waals surface area (Å²) in [6.07, 6.45) is 3.35. The number of amides is 1. The maximum absolute atomic E-state index is 12.1. The standard InChI is InChI=1S/C16H21NO2/c1-16(2,3)15(19)17-10-14(18)13-8-7-11-5-4-6-12(11)9-13/h7-9H,4-6,10H2,1-3H3,(H,17,19). The van der Waals surface area contributed by atoms with Gasteiger partial charge < -0.3 is 5.32 Å². The Labute approximate surface area is 114 Å². The van der Waals surface area contributed by atoms with E-state index in [4.69, 9.17) is 0 Å². The van der Waals surface area contributed by atoms with Gasteiger partial charge in [0.05, 0.1) is 6.54 Å². The zero-order valence-electron chi connectivity index (χ0n) is 11.9. The lowest BCUT2D eigenvalue weighted by Crippen LogP contribution is -2.37. The first kappa shape index (κ1) is 13.8. The van der Waals surface area contributed by atoms with Gasteiger partial charge >= 0.3 is 0 Å². The van der Waals surface area contributed by atoms with Gasteiger partial charge in [-0.25, -0.2) is 0 Å². The number of benzene rings is 1. The third-order valence-corrected chi connectivity index (χ3v) is 3.51. The molecule has 0 spiro atoms. The highest BCUT2D eigenvalue weighted by Crippen LogP contribution is 2.23. The van der Waals surface area contributed by atoms with E-state index in [1.54, 1.807) is 0 Å². The molecule has 0 heterocycles. The van der Waals surface area contributed by atoms with Crippen LogP contribution in [0.4, 0.5) is 0 Å². The molecule has 0 aliphatic heterocycles. The molecule has 3 nitrogen and oxygen atoms in total. The van der Waals surface area contributed by atoms with Crippen molar-refractivity contribution in [1.29, 1.82) is 0 Å². The van der Waals surface area contributed by atoms with Crippen molar-refractivity contribution in [3.05, 3.63) is 34.9 Å². The number of hydrogen-bond acceptors (Lipinski definition) is 2. The minimum Gasteiger partial charge on any atom is -0.348 e. The van der Waals surface area contributed by atoms with E-state index in [1.807, 2.05) is 39.0 Å². The van der Waals surface area contributed by atoms with Crippen molar-refractivity contribution < 1.29 is 9.59 Å². The molecule has 0 fully saturated rings. The first-order valence-corrected chi connectivity index (χ1v) is 6.81. The van der Waals surface area contributed by atoms with Crippen molar-refractivity contribution in [2.45, 2.75) is 40.0 Å². The van der Waals surface area contributed by atoms with Gasteiger partial charge in [0.2, 0.25) is 5.91 Å². The van der Waals surface area contributed by atoms with E-state index in [2.05, 4.69) is 5.32 Å². The Balaban J connectivity index is 1.99. The Morgan fingerprint density at radius 3 is 2.53 bits per heavy atom. The van der Waals surface area contributed by atoms with Gasteiger partial charge in [-0.15, -0.1) is 0 Å². The SMILES string of the molecule is CC(C)(C)C(=O)NCC(=O)c1ccc2c(c1)CCC2. The van der Waals surface area contributed by atoms with Gasteiger partial charge in [-0.05, 0) is 36.5 Å². The summed E-state index contributed by atoms with van der Waals surface area (Å²) in [4.78, 5) is 23.8. The number of hydrogen-bond donors (Lipinski definition) is 1. The highest BCUT2D eigenvalue weighted by atomic mass is 16.2. The summed E-state index contributed by atoms with van der Waals surface area (Å²) in [6, 6.07) is 5.89. The largest absolute Gasteiger partial charge is 0.348 e. The zero-order chi connectivity index (χ0) is 14.0. The van der Waals surface area contributed by atoms with Gasteiger partial charge in [0.1, 0.15) is 0 Å². The summed E-state index contributed by atoms with van der Waals surface area (Å²) in [5.74, 6) is -0.116. The number of rotatable bonds is 3. The number of carbonyl (C=O) groups excluding carboxylic acids is 2. The van der Waals surface area contributed by atoms with E-state index < -0.39 is 5.41 Å². The first-order chi connectivity index (χ1) is 8.88. The van der Waals surface area contributed by atoms with Crippen molar-refractivity contribution in [3.8, 4) is 0 Å². The number of fused-ring (bicyclic) bond motifs is 1. The van der Waals surface area contributed by atoms with Gasteiger partial charge in [0, 0.05) is 11.0 Å². The van der Waals surface area contributed by atoms with E-state index in [9.17, 15) is 9.59 Å². The van der Waals surface area contributed by atoms with Gasteiger partial charge in [-0.1, -0.05) is 32.9 Å². The second-order valence-electron chi connectivity index (χ2n) is 6.19. The Morgan fingerprint density at radius 2 is 1.84 bits per heavy atom. The molecule has 19 heavy (non-hydrogen) atoms. The molecule has 0 saturated carbocycles. The van der Waals surface area contributed by atoms with Gasteiger partial charge in [-0.3, -0.25) is 9.59 Å². The van der Waals surface area contributed by atoms with E-state index in [0.29, 0.717) is 5.56 Å². The molecule has 102 valence electrons. The van der Waals surface area contributed by atoms with Crippen LogP contribution in [0.15, 0.2) is 18.2 Å². The fraction of sp³-hybridized carbons (Fsp3) is 0.500. The van der Waals surface area contributed by atoms with Crippen molar-refractivity contribution in [2.24, 2.45) is 5.41 Å².